The Hall–Kier alpha value is -0.970. The number of Topliss-reactive ketones (excluding diaryl/α,β-unsaturated/α-hetero) is 1. The van der Waals surface area contributed by atoms with E-state index in [1.165, 1.54) is 44.9 Å². The molecule has 0 aromatic rings. The standard InChI is InChI=1S/C15H28NO3.H3N/c17-15-13-11-9-7-5-3-1-2-4-6-8-10-12-14(15)16(18)19;/h14H,1-13H2,(H,18,19);1H3/q+1;. The summed E-state index contributed by atoms with van der Waals surface area (Å²) in [5.41, 5.74) is 0. The Morgan fingerprint density at radius 1 is 0.800 bits per heavy atom. The van der Waals surface area contributed by atoms with E-state index in [0.29, 0.717) is 12.8 Å². The first kappa shape index (κ1) is 19.0. The van der Waals surface area contributed by atoms with E-state index >= 15 is 0 Å². The van der Waals surface area contributed by atoms with Crippen LogP contribution in [0.1, 0.15) is 83.5 Å². The summed E-state index contributed by atoms with van der Waals surface area (Å²) in [4.78, 5) is 22.8. The van der Waals surface area contributed by atoms with Gasteiger partial charge in [0.2, 0.25) is 10.7 Å². The van der Waals surface area contributed by atoms with Gasteiger partial charge in [0.1, 0.15) is 0 Å². The second-order valence-electron chi connectivity index (χ2n) is 5.71. The van der Waals surface area contributed by atoms with Crippen molar-refractivity contribution in [3.05, 3.63) is 4.91 Å². The van der Waals surface area contributed by atoms with Crippen LogP contribution in [0.15, 0.2) is 0 Å². The smallest absolute Gasteiger partial charge is 0.314 e. The molecule has 5 heteroatoms. The molecule has 1 atom stereocenters. The fourth-order valence-electron chi connectivity index (χ4n) is 2.79. The fraction of sp³-hybridized carbons (Fsp3) is 0.933. The maximum Gasteiger partial charge on any atom is 0.314 e. The Bertz CT molecular complexity index is 282. The second-order valence-corrected chi connectivity index (χ2v) is 5.71. The molecule has 0 saturated heterocycles. The van der Waals surface area contributed by atoms with Crippen LogP contribution in [0.5, 0.6) is 0 Å². The average Bonchev–Trinajstić information content (AvgIpc) is 2.38. The van der Waals surface area contributed by atoms with E-state index in [9.17, 15) is 9.70 Å². The van der Waals surface area contributed by atoms with E-state index in [1.54, 1.807) is 0 Å². The summed E-state index contributed by atoms with van der Waals surface area (Å²) < 4.78 is 0. The van der Waals surface area contributed by atoms with Gasteiger partial charge in [-0.15, -0.1) is 0 Å². The quantitative estimate of drug-likeness (QED) is 0.702. The van der Waals surface area contributed by atoms with Gasteiger partial charge in [-0.2, -0.15) is 0 Å². The minimum absolute atomic E-state index is 0. The number of hydrogen-bond acceptors (Lipinski definition) is 3. The SMILES string of the molecule is N.O=C1CCCCCCCCCCCCCC1[N+](=O)O. The molecule has 4 N–H and O–H groups in total. The number of carbonyl (C=O) groups is 1. The number of hydrogen-bond donors (Lipinski definition) is 2. The molecule has 0 aromatic carbocycles. The normalized spacial score (nSPS) is 24.0. The number of rotatable bonds is 1. The summed E-state index contributed by atoms with van der Waals surface area (Å²) in [7, 11) is 0. The predicted octanol–water partition coefficient (Wildman–Crippen LogP) is 4.34. The van der Waals surface area contributed by atoms with Crippen molar-refractivity contribution < 1.29 is 14.9 Å². The summed E-state index contributed by atoms with van der Waals surface area (Å²) >= 11 is 0. The van der Waals surface area contributed by atoms with Gasteiger partial charge in [-0.1, -0.05) is 57.8 Å². The summed E-state index contributed by atoms with van der Waals surface area (Å²) in [5, 5.41) is 9.05. The van der Waals surface area contributed by atoms with E-state index in [1.807, 2.05) is 0 Å². The first-order chi connectivity index (χ1) is 9.22. The lowest BCUT2D eigenvalue weighted by molar-refractivity contribution is -0.806. The zero-order valence-electron chi connectivity index (χ0n) is 12.7. The highest BCUT2D eigenvalue weighted by atomic mass is 16.6. The Morgan fingerprint density at radius 3 is 1.65 bits per heavy atom. The van der Waals surface area contributed by atoms with Crippen LogP contribution in [0.2, 0.25) is 0 Å². The Balaban J connectivity index is 0.00000361. The van der Waals surface area contributed by atoms with Crippen LogP contribution < -0.4 is 6.15 Å². The van der Waals surface area contributed by atoms with Gasteiger partial charge in [0.15, 0.2) is 0 Å². The molecule has 0 aliphatic heterocycles. The maximum absolute atomic E-state index is 11.9. The van der Waals surface area contributed by atoms with Crippen LogP contribution in [0, 0.1) is 4.91 Å². The average molecular weight is 287 g/mol. The lowest BCUT2D eigenvalue weighted by Crippen LogP contribution is -2.30. The molecule has 118 valence electrons. The van der Waals surface area contributed by atoms with E-state index in [-0.39, 0.29) is 16.9 Å². The molecule has 1 rings (SSSR count). The van der Waals surface area contributed by atoms with Crippen molar-refractivity contribution in [3.8, 4) is 0 Å². The monoisotopic (exact) mass is 287 g/mol. The number of ketones is 1. The largest absolute Gasteiger partial charge is 0.344 e. The summed E-state index contributed by atoms with van der Waals surface area (Å²) in [6, 6.07) is -0.829. The third-order valence-electron chi connectivity index (χ3n) is 4.04. The van der Waals surface area contributed by atoms with Gasteiger partial charge in [-0.3, -0.25) is 4.79 Å². The van der Waals surface area contributed by atoms with Gasteiger partial charge in [-0.05, 0) is 12.8 Å². The summed E-state index contributed by atoms with van der Waals surface area (Å²) in [6.45, 7) is 0. The summed E-state index contributed by atoms with van der Waals surface area (Å²) in [6.07, 6.45) is 13.5. The van der Waals surface area contributed by atoms with Crippen LogP contribution in [-0.2, 0) is 4.79 Å². The Labute approximate surface area is 122 Å². The van der Waals surface area contributed by atoms with Crippen molar-refractivity contribution >= 4 is 5.78 Å². The molecule has 1 aliphatic carbocycles. The van der Waals surface area contributed by atoms with Gasteiger partial charge in [-0.25, -0.2) is 5.21 Å². The fourth-order valence-corrected chi connectivity index (χ4v) is 2.79. The zero-order valence-corrected chi connectivity index (χ0v) is 12.7. The van der Waals surface area contributed by atoms with Crippen molar-refractivity contribution in [2.45, 2.75) is 89.5 Å². The van der Waals surface area contributed by atoms with Gasteiger partial charge < -0.3 is 6.15 Å². The van der Waals surface area contributed by atoms with Crippen LogP contribution in [0.25, 0.3) is 0 Å². The van der Waals surface area contributed by atoms with Crippen LogP contribution >= 0.6 is 0 Å². The van der Waals surface area contributed by atoms with Crippen molar-refractivity contribution in [1.82, 2.24) is 6.15 Å². The topological polar surface area (TPSA) is 92.4 Å². The molecule has 0 amide bonds. The van der Waals surface area contributed by atoms with Crippen molar-refractivity contribution in [3.63, 3.8) is 0 Å². The van der Waals surface area contributed by atoms with Gasteiger partial charge >= 0.3 is 6.04 Å². The molecule has 0 spiro atoms. The van der Waals surface area contributed by atoms with Crippen LogP contribution in [0.3, 0.4) is 0 Å². The third-order valence-corrected chi connectivity index (χ3v) is 4.04. The highest BCUT2D eigenvalue weighted by Gasteiger charge is 2.32. The molecule has 0 bridgehead atoms. The molecule has 1 unspecified atom stereocenters. The lowest BCUT2D eigenvalue weighted by Gasteiger charge is -2.04. The molecule has 0 heterocycles. The van der Waals surface area contributed by atoms with Gasteiger partial charge in [0.25, 0.3) is 0 Å². The van der Waals surface area contributed by atoms with Gasteiger partial charge in [0.05, 0.1) is 4.91 Å². The Morgan fingerprint density at radius 2 is 1.20 bits per heavy atom. The Kier molecular flexibility index (Phi) is 11.3. The molecular formula is C15H31N2O3+. The van der Waals surface area contributed by atoms with E-state index in [2.05, 4.69) is 0 Å². The van der Waals surface area contributed by atoms with E-state index in [0.717, 1.165) is 25.7 Å². The van der Waals surface area contributed by atoms with E-state index < -0.39 is 6.04 Å². The van der Waals surface area contributed by atoms with Crippen molar-refractivity contribution in [2.24, 2.45) is 0 Å². The highest BCUT2D eigenvalue weighted by Crippen LogP contribution is 2.16. The minimum atomic E-state index is -0.829. The first-order valence-corrected chi connectivity index (χ1v) is 7.90. The molecule has 20 heavy (non-hydrogen) atoms. The molecular weight excluding hydrogens is 256 g/mol. The molecule has 1 saturated carbocycles. The molecule has 0 radical (unpaired) electrons. The molecule has 5 nitrogen and oxygen atoms in total. The maximum atomic E-state index is 11.9. The first-order valence-electron chi connectivity index (χ1n) is 7.90. The zero-order chi connectivity index (χ0) is 13.9. The minimum Gasteiger partial charge on any atom is -0.344 e. The van der Waals surface area contributed by atoms with E-state index in [4.69, 9.17) is 5.21 Å². The molecule has 0 aromatic heterocycles. The van der Waals surface area contributed by atoms with Crippen molar-refractivity contribution in [2.75, 3.05) is 0 Å². The van der Waals surface area contributed by atoms with Crippen LogP contribution in [-0.4, -0.2) is 22.0 Å². The molecule has 1 aliphatic rings. The van der Waals surface area contributed by atoms with Gasteiger partial charge in [0, 0.05) is 12.8 Å². The highest BCUT2D eigenvalue weighted by molar-refractivity contribution is 5.82. The lowest BCUT2D eigenvalue weighted by atomic mass is 10.00. The van der Waals surface area contributed by atoms with Crippen molar-refractivity contribution in [1.29, 1.82) is 0 Å². The van der Waals surface area contributed by atoms with Crippen LogP contribution in [0.4, 0.5) is 0 Å². The second kappa shape index (κ2) is 11.8. The third kappa shape index (κ3) is 8.25. The number of nitrogens with zero attached hydrogens (tertiary/aromatic N) is 1. The molecule has 1 fully saturated rings. The predicted molar refractivity (Wildman–Crippen MR) is 79.3 cm³/mol. The summed E-state index contributed by atoms with van der Waals surface area (Å²) in [5.74, 6) is -0.0904. The number of carbonyl (C=O) groups excluding carboxylic acids is 1.